The third kappa shape index (κ3) is 4.36. The fourth-order valence-electron chi connectivity index (χ4n) is 3.51. The van der Waals surface area contributed by atoms with Crippen LogP contribution in [0.2, 0.25) is 0 Å². The molecule has 2 aromatic rings. The number of anilines is 1. The van der Waals surface area contributed by atoms with Crippen LogP contribution in [-0.4, -0.2) is 41.4 Å². The largest absolute Gasteiger partial charge is 0.504 e. The second-order valence-electron chi connectivity index (χ2n) is 6.95. The summed E-state index contributed by atoms with van der Waals surface area (Å²) < 4.78 is 10.7. The van der Waals surface area contributed by atoms with E-state index in [1.54, 1.807) is 32.9 Å². The molecule has 0 aromatic heterocycles. The van der Waals surface area contributed by atoms with Crippen molar-refractivity contribution in [3.63, 3.8) is 0 Å². The maximum atomic E-state index is 13.0. The Labute approximate surface area is 184 Å². The molecule has 1 aliphatic heterocycles. The van der Waals surface area contributed by atoms with Crippen LogP contribution in [-0.2, 0) is 9.53 Å². The number of ether oxygens (including phenoxy) is 2. The van der Waals surface area contributed by atoms with Crippen LogP contribution in [0.1, 0.15) is 42.7 Å². The number of carbonyl (C=O) groups is 3. The van der Waals surface area contributed by atoms with Crippen LogP contribution >= 0.6 is 0 Å². The Morgan fingerprint density at radius 2 is 1.78 bits per heavy atom. The summed E-state index contributed by atoms with van der Waals surface area (Å²) in [6.45, 7) is 5.54. The molecule has 3 N–H and O–H groups in total. The number of phenols is 1. The Balaban J connectivity index is 2.11. The highest BCUT2D eigenvalue weighted by atomic mass is 16.5. The molecular formula is C23H24N2O7. The first-order valence-corrected chi connectivity index (χ1v) is 10.1. The molecule has 2 aromatic carbocycles. The molecule has 0 saturated carbocycles. The highest BCUT2D eigenvalue weighted by Crippen LogP contribution is 2.37. The monoisotopic (exact) mass is 440 g/mol. The Bertz CT molecular complexity index is 1080. The average molecular weight is 440 g/mol. The van der Waals surface area contributed by atoms with E-state index in [2.05, 4.69) is 5.32 Å². The number of rotatable bonds is 7. The zero-order chi connectivity index (χ0) is 23.4. The van der Waals surface area contributed by atoms with E-state index in [0.29, 0.717) is 23.6 Å². The number of esters is 1. The van der Waals surface area contributed by atoms with Crippen LogP contribution in [0.25, 0.3) is 0 Å². The summed E-state index contributed by atoms with van der Waals surface area (Å²) in [5.74, 6) is -1.52. The van der Waals surface area contributed by atoms with Crippen molar-refractivity contribution in [3.8, 4) is 11.5 Å². The van der Waals surface area contributed by atoms with Gasteiger partial charge in [-0.25, -0.2) is 14.4 Å². The summed E-state index contributed by atoms with van der Waals surface area (Å²) in [6.07, 6.45) is 0. The number of allylic oxidation sites excluding steroid dienone is 1. The van der Waals surface area contributed by atoms with Crippen LogP contribution in [0, 0.1) is 0 Å². The minimum Gasteiger partial charge on any atom is -0.504 e. The molecule has 9 heteroatoms. The number of carbonyl (C=O) groups excluding carboxylic acids is 2. The van der Waals surface area contributed by atoms with Crippen LogP contribution in [0.3, 0.4) is 0 Å². The molecule has 0 bridgehead atoms. The Morgan fingerprint density at radius 1 is 1.09 bits per heavy atom. The molecule has 0 aliphatic carbocycles. The summed E-state index contributed by atoms with van der Waals surface area (Å²) in [7, 11) is 0. The van der Waals surface area contributed by atoms with Crippen molar-refractivity contribution in [2.24, 2.45) is 0 Å². The highest BCUT2D eigenvalue weighted by Gasteiger charge is 2.37. The first-order chi connectivity index (χ1) is 15.3. The number of aromatic hydroxyl groups is 1. The van der Waals surface area contributed by atoms with E-state index in [1.807, 2.05) is 0 Å². The first-order valence-electron chi connectivity index (χ1n) is 10.1. The van der Waals surface area contributed by atoms with Gasteiger partial charge in [0.05, 0.1) is 36.1 Å². The van der Waals surface area contributed by atoms with Gasteiger partial charge in [0.15, 0.2) is 11.5 Å². The fraction of sp³-hybridized carbons (Fsp3) is 0.261. The Morgan fingerprint density at radius 3 is 2.38 bits per heavy atom. The van der Waals surface area contributed by atoms with Crippen molar-refractivity contribution in [2.45, 2.75) is 26.8 Å². The predicted octanol–water partition coefficient (Wildman–Crippen LogP) is 3.60. The molecule has 0 radical (unpaired) electrons. The summed E-state index contributed by atoms with van der Waals surface area (Å²) in [6, 6.07) is 8.98. The molecule has 1 atom stereocenters. The fourth-order valence-corrected chi connectivity index (χ4v) is 3.51. The molecule has 168 valence electrons. The van der Waals surface area contributed by atoms with E-state index >= 15 is 0 Å². The number of amides is 2. The van der Waals surface area contributed by atoms with Gasteiger partial charge in [0.25, 0.3) is 0 Å². The van der Waals surface area contributed by atoms with Gasteiger partial charge in [-0.3, -0.25) is 4.90 Å². The number of phenolic OH excluding ortho intramolecular Hbond substituents is 1. The van der Waals surface area contributed by atoms with Crippen LogP contribution in [0.15, 0.2) is 53.7 Å². The molecule has 3 rings (SSSR count). The van der Waals surface area contributed by atoms with Crippen molar-refractivity contribution in [1.82, 2.24) is 5.32 Å². The van der Waals surface area contributed by atoms with Crippen molar-refractivity contribution in [1.29, 1.82) is 0 Å². The smallest absolute Gasteiger partial charge is 0.338 e. The average Bonchev–Trinajstić information content (AvgIpc) is 2.75. The standard InChI is InChI=1S/C23H24N2O7/c1-4-31-18-12-15(8-11-17(18)26)20-19(22(29)32-5-2)13(3)25(23(30)24-20)16-9-6-14(7-10-16)21(27)28/h6-12,20,26H,4-5H2,1-3H3,(H,24,30)(H,27,28). The van der Waals surface area contributed by atoms with Crippen molar-refractivity contribution in [2.75, 3.05) is 18.1 Å². The molecule has 1 aliphatic rings. The zero-order valence-electron chi connectivity index (χ0n) is 17.9. The maximum absolute atomic E-state index is 13.0. The van der Waals surface area contributed by atoms with Gasteiger partial charge in [-0.1, -0.05) is 6.07 Å². The normalized spacial score (nSPS) is 15.9. The lowest BCUT2D eigenvalue weighted by Crippen LogP contribution is -2.48. The van der Waals surface area contributed by atoms with Gasteiger partial charge in [0.2, 0.25) is 0 Å². The lowest BCUT2D eigenvalue weighted by atomic mass is 9.94. The summed E-state index contributed by atoms with van der Waals surface area (Å²) in [5.41, 5.74) is 1.55. The number of carboxylic acid groups (broad SMARTS) is 1. The molecule has 9 nitrogen and oxygen atoms in total. The lowest BCUT2D eigenvalue weighted by Gasteiger charge is -2.35. The minimum absolute atomic E-state index is 0.0590. The van der Waals surface area contributed by atoms with E-state index in [4.69, 9.17) is 14.6 Å². The van der Waals surface area contributed by atoms with Crippen molar-refractivity contribution < 1.29 is 34.1 Å². The topological polar surface area (TPSA) is 125 Å². The van der Waals surface area contributed by atoms with Gasteiger partial charge < -0.3 is 25.0 Å². The predicted molar refractivity (Wildman–Crippen MR) is 116 cm³/mol. The molecule has 32 heavy (non-hydrogen) atoms. The van der Waals surface area contributed by atoms with Crippen LogP contribution in [0.5, 0.6) is 11.5 Å². The third-order valence-corrected chi connectivity index (χ3v) is 4.97. The number of benzene rings is 2. The quantitative estimate of drug-likeness (QED) is 0.562. The second-order valence-corrected chi connectivity index (χ2v) is 6.95. The number of hydrogen-bond donors (Lipinski definition) is 3. The molecule has 0 fully saturated rings. The molecule has 0 saturated heterocycles. The maximum Gasteiger partial charge on any atom is 0.338 e. The molecular weight excluding hydrogens is 416 g/mol. The number of nitrogens with zero attached hydrogens (tertiary/aromatic N) is 1. The minimum atomic E-state index is -1.09. The van der Waals surface area contributed by atoms with Crippen molar-refractivity contribution >= 4 is 23.7 Å². The van der Waals surface area contributed by atoms with E-state index < -0.39 is 24.0 Å². The molecule has 0 spiro atoms. The van der Waals surface area contributed by atoms with E-state index in [0.717, 1.165) is 0 Å². The van der Waals surface area contributed by atoms with E-state index in [9.17, 15) is 19.5 Å². The number of urea groups is 1. The van der Waals surface area contributed by atoms with Crippen LogP contribution < -0.4 is 15.0 Å². The third-order valence-electron chi connectivity index (χ3n) is 4.97. The Hall–Kier alpha value is -4.01. The molecule has 1 heterocycles. The number of hydrogen-bond acceptors (Lipinski definition) is 6. The van der Waals surface area contributed by atoms with Gasteiger partial charge in [-0.2, -0.15) is 0 Å². The second kappa shape index (κ2) is 9.42. The molecule has 2 amide bonds. The lowest BCUT2D eigenvalue weighted by molar-refractivity contribution is -0.139. The summed E-state index contributed by atoms with van der Waals surface area (Å²) in [4.78, 5) is 38.4. The van der Waals surface area contributed by atoms with E-state index in [-0.39, 0.29) is 29.2 Å². The number of carboxylic acids is 1. The first kappa shape index (κ1) is 22.7. The molecule has 1 unspecified atom stereocenters. The SMILES string of the molecule is CCOC(=O)C1=C(C)N(c2ccc(C(=O)O)cc2)C(=O)NC1c1ccc(O)c(OCC)c1. The highest BCUT2D eigenvalue weighted by molar-refractivity contribution is 6.03. The van der Waals surface area contributed by atoms with Gasteiger partial charge in [0, 0.05) is 5.70 Å². The summed E-state index contributed by atoms with van der Waals surface area (Å²) in [5, 5.41) is 21.9. The summed E-state index contributed by atoms with van der Waals surface area (Å²) >= 11 is 0. The Kier molecular flexibility index (Phi) is 6.67. The van der Waals surface area contributed by atoms with Gasteiger partial charge in [-0.15, -0.1) is 0 Å². The number of nitrogens with one attached hydrogen (secondary N) is 1. The van der Waals surface area contributed by atoms with Gasteiger partial charge in [-0.05, 0) is 62.7 Å². The van der Waals surface area contributed by atoms with Gasteiger partial charge >= 0.3 is 18.0 Å². The van der Waals surface area contributed by atoms with Gasteiger partial charge in [0.1, 0.15) is 0 Å². The van der Waals surface area contributed by atoms with Crippen LogP contribution in [0.4, 0.5) is 10.5 Å². The van der Waals surface area contributed by atoms with Crippen molar-refractivity contribution in [3.05, 3.63) is 64.9 Å². The number of aromatic carboxylic acids is 1. The zero-order valence-corrected chi connectivity index (χ0v) is 17.9. The van der Waals surface area contributed by atoms with E-state index in [1.165, 1.54) is 35.2 Å².